The fraction of sp³-hybridized carbons (Fsp3) is 0.0769. The van der Waals surface area contributed by atoms with E-state index in [0.29, 0.717) is 6.07 Å². The maximum absolute atomic E-state index is 13.0. The van der Waals surface area contributed by atoms with E-state index in [-0.39, 0.29) is 22.3 Å². The van der Waals surface area contributed by atoms with E-state index < -0.39 is 17.5 Å². The molecule has 0 atom stereocenters. The minimum Gasteiger partial charge on any atom is -0.438 e. The highest BCUT2D eigenvalue weighted by molar-refractivity contribution is 6.29. The lowest BCUT2D eigenvalue weighted by Gasteiger charge is -2.13. The van der Waals surface area contributed by atoms with Crippen LogP contribution in [0.15, 0.2) is 30.3 Å². The standard InChI is InChI=1S/C13H7ClF3N3O/c14-11-4-8(19)5-12(20-11)21-10-2-1-7(6-18)3-9(10)13(15,16)17/h1-5H,(H2,19,20). The first-order chi connectivity index (χ1) is 9.79. The molecule has 0 aliphatic carbocycles. The summed E-state index contributed by atoms with van der Waals surface area (Å²) >= 11 is 5.66. The maximum atomic E-state index is 13.0. The van der Waals surface area contributed by atoms with Crippen LogP contribution >= 0.6 is 11.6 Å². The second-order valence-electron chi connectivity index (χ2n) is 3.98. The van der Waals surface area contributed by atoms with Crippen molar-refractivity contribution in [3.05, 3.63) is 46.6 Å². The van der Waals surface area contributed by atoms with E-state index in [1.54, 1.807) is 6.07 Å². The van der Waals surface area contributed by atoms with E-state index in [0.717, 1.165) is 6.07 Å². The number of nitriles is 1. The molecule has 2 rings (SSSR count). The van der Waals surface area contributed by atoms with E-state index in [2.05, 4.69) is 4.98 Å². The van der Waals surface area contributed by atoms with Crippen LogP contribution in [0.1, 0.15) is 11.1 Å². The number of benzene rings is 1. The number of hydrogen-bond acceptors (Lipinski definition) is 4. The molecule has 0 fully saturated rings. The van der Waals surface area contributed by atoms with Crippen molar-refractivity contribution in [2.75, 3.05) is 5.73 Å². The van der Waals surface area contributed by atoms with Gasteiger partial charge in [-0.25, -0.2) is 4.98 Å². The van der Waals surface area contributed by atoms with E-state index in [1.165, 1.54) is 18.2 Å². The quantitative estimate of drug-likeness (QED) is 0.851. The highest BCUT2D eigenvalue weighted by Crippen LogP contribution is 2.38. The minimum absolute atomic E-state index is 0.00722. The molecule has 1 aromatic carbocycles. The number of halogens is 4. The molecule has 0 aliphatic heterocycles. The lowest BCUT2D eigenvalue weighted by atomic mass is 10.1. The zero-order valence-corrected chi connectivity index (χ0v) is 11.0. The number of anilines is 1. The molecule has 0 radical (unpaired) electrons. The van der Waals surface area contributed by atoms with Crippen molar-refractivity contribution in [1.82, 2.24) is 4.98 Å². The van der Waals surface area contributed by atoms with E-state index in [9.17, 15) is 13.2 Å². The summed E-state index contributed by atoms with van der Waals surface area (Å²) in [5.41, 5.74) is 4.50. The SMILES string of the molecule is N#Cc1ccc(Oc2cc(N)cc(Cl)n2)c(C(F)(F)F)c1. The van der Waals surface area contributed by atoms with Gasteiger partial charge in [0, 0.05) is 11.8 Å². The van der Waals surface area contributed by atoms with Crippen LogP contribution in [0.4, 0.5) is 18.9 Å². The minimum atomic E-state index is -4.67. The van der Waals surface area contributed by atoms with Gasteiger partial charge in [0.25, 0.3) is 0 Å². The average molecular weight is 314 g/mol. The number of ether oxygens (including phenoxy) is 1. The number of hydrogen-bond donors (Lipinski definition) is 1. The molecular formula is C13H7ClF3N3O. The first-order valence-corrected chi connectivity index (χ1v) is 5.89. The van der Waals surface area contributed by atoms with Gasteiger partial charge < -0.3 is 10.5 Å². The molecule has 21 heavy (non-hydrogen) atoms. The van der Waals surface area contributed by atoms with Crippen LogP contribution in [0.2, 0.25) is 5.15 Å². The third-order valence-corrected chi connectivity index (χ3v) is 2.62. The van der Waals surface area contributed by atoms with E-state index in [4.69, 9.17) is 27.3 Å². The molecule has 1 heterocycles. The Kier molecular flexibility index (Phi) is 3.91. The summed E-state index contributed by atoms with van der Waals surface area (Å²) in [6.07, 6.45) is -4.67. The Morgan fingerprint density at radius 1 is 1.24 bits per heavy atom. The van der Waals surface area contributed by atoms with Crippen molar-refractivity contribution >= 4 is 17.3 Å². The van der Waals surface area contributed by atoms with Crippen molar-refractivity contribution in [3.63, 3.8) is 0 Å². The average Bonchev–Trinajstić information content (AvgIpc) is 2.36. The Balaban J connectivity index is 2.46. The molecule has 8 heteroatoms. The number of aromatic nitrogens is 1. The van der Waals surface area contributed by atoms with Gasteiger partial charge in [0.15, 0.2) is 0 Å². The number of nitrogens with zero attached hydrogens (tertiary/aromatic N) is 2. The summed E-state index contributed by atoms with van der Waals surface area (Å²) in [6, 6.07) is 7.15. The molecule has 2 N–H and O–H groups in total. The van der Waals surface area contributed by atoms with Crippen LogP contribution in [0.3, 0.4) is 0 Å². The highest BCUT2D eigenvalue weighted by atomic mass is 35.5. The van der Waals surface area contributed by atoms with Gasteiger partial charge in [-0.15, -0.1) is 0 Å². The van der Waals surface area contributed by atoms with E-state index >= 15 is 0 Å². The predicted octanol–water partition coefficient (Wildman–Crippen LogP) is 4.00. The highest BCUT2D eigenvalue weighted by Gasteiger charge is 2.35. The van der Waals surface area contributed by atoms with Crippen LogP contribution in [-0.4, -0.2) is 4.98 Å². The zero-order valence-electron chi connectivity index (χ0n) is 10.3. The van der Waals surface area contributed by atoms with Crippen LogP contribution in [0.25, 0.3) is 0 Å². The maximum Gasteiger partial charge on any atom is 0.420 e. The topological polar surface area (TPSA) is 71.9 Å². The lowest BCUT2D eigenvalue weighted by molar-refractivity contribution is -0.138. The molecule has 2 aromatic rings. The summed E-state index contributed by atoms with van der Waals surface area (Å²) in [5, 5.41) is 8.67. The molecule has 0 saturated heterocycles. The third kappa shape index (κ3) is 3.55. The molecule has 0 saturated carbocycles. The summed E-state index contributed by atoms with van der Waals surface area (Å²) in [6.45, 7) is 0. The first kappa shape index (κ1) is 14.9. The molecule has 0 amide bonds. The molecular weight excluding hydrogens is 307 g/mol. The molecule has 0 spiro atoms. The second-order valence-corrected chi connectivity index (χ2v) is 4.37. The number of pyridine rings is 1. The second kappa shape index (κ2) is 5.50. The van der Waals surface area contributed by atoms with Crippen molar-refractivity contribution in [1.29, 1.82) is 5.26 Å². The normalized spacial score (nSPS) is 11.0. The lowest BCUT2D eigenvalue weighted by Crippen LogP contribution is -2.08. The van der Waals surface area contributed by atoms with Gasteiger partial charge in [0.1, 0.15) is 10.9 Å². The van der Waals surface area contributed by atoms with Crippen molar-refractivity contribution in [2.24, 2.45) is 0 Å². The van der Waals surface area contributed by atoms with Gasteiger partial charge in [0.05, 0.1) is 17.2 Å². The van der Waals surface area contributed by atoms with Gasteiger partial charge >= 0.3 is 6.18 Å². The van der Waals surface area contributed by atoms with Crippen LogP contribution < -0.4 is 10.5 Å². The van der Waals surface area contributed by atoms with E-state index in [1.807, 2.05) is 0 Å². The van der Waals surface area contributed by atoms with Crippen LogP contribution in [0.5, 0.6) is 11.6 Å². The first-order valence-electron chi connectivity index (χ1n) is 5.52. The van der Waals surface area contributed by atoms with Crippen molar-refractivity contribution < 1.29 is 17.9 Å². The summed E-state index contributed by atoms with van der Waals surface area (Å²) in [5.74, 6) is -0.661. The number of alkyl halides is 3. The van der Waals surface area contributed by atoms with Crippen molar-refractivity contribution in [3.8, 4) is 17.7 Å². The zero-order chi connectivity index (χ0) is 15.6. The summed E-state index contributed by atoms with van der Waals surface area (Å²) < 4.78 is 44.0. The molecule has 0 unspecified atom stereocenters. The van der Waals surface area contributed by atoms with Crippen LogP contribution in [-0.2, 0) is 6.18 Å². The van der Waals surface area contributed by atoms with Crippen LogP contribution in [0, 0.1) is 11.3 Å². The number of rotatable bonds is 2. The van der Waals surface area contributed by atoms with Gasteiger partial charge in [-0.3, -0.25) is 0 Å². The Labute approximate surface area is 122 Å². The largest absolute Gasteiger partial charge is 0.438 e. The fourth-order valence-corrected chi connectivity index (χ4v) is 1.78. The number of nitrogen functional groups attached to an aromatic ring is 1. The molecule has 4 nitrogen and oxygen atoms in total. The Morgan fingerprint density at radius 2 is 1.95 bits per heavy atom. The Hall–Kier alpha value is -2.46. The fourth-order valence-electron chi connectivity index (χ4n) is 1.57. The van der Waals surface area contributed by atoms with Gasteiger partial charge in [-0.1, -0.05) is 11.6 Å². The molecule has 0 bridgehead atoms. The van der Waals surface area contributed by atoms with Gasteiger partial charge in [-0.2, -0.15) is 18.4 Å². The third-order valence-electron chi connectivity index (χ3n) is 2.42. The van der Waals surface area contributed by atoms with Crippen molar-refractivity contribution in [2.45, 2.75) is 6.18 Å². The number of nitrogens with two attached hydrogens (primary N) is 1. The van der Waals surface area contributed by atoms with Gasteiger partial charge in [-0.05, 0) is 24.3 Å². The monoisotopic (exact) mass is 313 g/mol. The summed E-state index contributed by atoms with van der Waals surface area (Å²) in [4.78, 5) is 3.73. The summed E-state index contributed by atoms with van der Waals surface area (Å²) in [7, 11) is 0. The Bertz CT molecular complexity index is 705. The smallest absolute Gasteiger partial charge is 0.420 e. The predicted molar refractivity (Wildman–Crippen MR) is 69.9 cm³/mol. The Morgan fingerprint density at radius 3 is 2.52 bits per heavy atom. The molecule has 108 valence electrons. The van der Waals surface area contributed by atoms with Gasteiger partial charge in [0.2, 0.25) is 5.88 Å². The molecule has 0 aliphatic rings. The molecule has 1 aromatic heterocycles.